The van der Waals surface area contributed by atoms with Gasteiger partial charge < -0.3 is 12.6 Å². The van der Waals surface area contributed by atoms with Crippen molar-refractivity contribution in [2.75, 3.05) is 0 Å². The van der Waals surface area contributed by atoms with Crippen LogP contribution in [0.15, 0.2) is 18.2 Å². The van der Waals surface area contributed by atoms with Crippen molar-refractivity contribution in [1.82, 2.24) is 0 Å². The molecule has 0 saturated heterocycles. The van der Waals surface area contributed by atoms with Crippen LogP contribution < -0.4 is 55.6 Å². The Hall–Kier alpha value is -0.414. The molecule has 15 heavy (non-hydrogen) atoms. The van der Waals surface area contributed by atoms with Crippen LogP contribution in [0.4, 0.5) is 0 Å². The van der Waals surface area contributed by atoms with E-state index in [2.05, 4.69) is 4.18 Å². The molecule has 0 aromatic heterocycles. The Labute approximate surface area is 131 Å². The number of nitrogens with zero attached hydrogens (tertiary/aromatic N) is 2. The minimum absolute atomic E-state index is 0. The third kappa shape index (κ3) is 3.91. The summed E-state index contributed by atoms with van der Waals surface area (Å²) in [4.78, 5) is 0. The fourth-order valence-electron chi connectivity index (χ4n) is 0.882. The van der Waals surface area contributed by atoms with E-state index >= 15 is 0 Å². The summed E-state index contributed by atoms with van der Waals surface area (Å²) in [5.41, 5.74) is -0.00495. The van der Waals surface area contributed by atoms with Gasteiger partial charge in [0.1, 0.15) is 34.4 Å². The quantitative estimate of drug-likeness (QED) is 0.446. The SMILES string of the molecule is N#Cc1cccc(O[S-](=O)=O)c1C#N.[K+]. The molecule has 1 aromatic rings. The molecular formula is C8H3KN2O3S. The van der Waals surface area contributed by atoms with Gasteiger partial charge in [0.05, 0.1) is 5.56 Å². The first-order valence-corrected chi connectivity index (χ1v) is 4.40. The Morgan fingerprint density at radius 3 is 2.33 bits per heavy atom. The molecule has 0 atom stereocenters. The van der Waals surface area contributed by atoms with Crippen molar-refractivity contribution in [3.8, 4) is 17.9 Å². The molecule has 0 N–H and O–H groups in total. The van der Waals surface area contributed by atoms with Gasteiger partial charge in [-0.2, -0.15) is 10.5 Å². The van der Waals surface area contributed by atoms with Crippen molar-refractivity contribution in [1.29, 1.82) is 10.5 Å². The summed E-state index contributed by atoms with van der Waals surface area (Å²) in [5.74, 6) is -0.139. The van der Waals surface area contributed by atoms with Gasteiger partial charge in [-0.1, -0.05) is 6.07 Å². The van der Waals surface area contributed by atoms with Crippen LogP contribution in [0.2, 0.25) is 0 Å². The minimum atomic E-state index is -2.75. The van der Waals surface area contributed by atoms with E-state index in [1.807, 2.05) is 0 Å². The second kappa shape index (κ2) is 6.96. The Morgan fingerprint density at radius 2 is 1.87 bits per heavy atom. The fourth-order valence-corrected chi connectivity index (χ4v) is 1.17. The van der Waals surface area contributed by atoms with Gasteiger partial charge in [0, 0.05) is 0 Å². The van der Waals surface area contributed by atoms with E-state index in [9.17, 15) is 8.42 Å². The van der Waals surface area contributed by atoms with Crippen LogP contribution in [0.3, 0.4) is 0 Å². The first-order valence-electron chi connectivity index (χ1n) is 3.40. The largest absolute Gasteiger partial charge is 1.00 e. The van der Waals surface area contributed by atoms with Crippen molar-refractivity contribution >= 4 is 11.0 Å². The molecule has 0 fully saturated rings. The molecule has 1 rings (SSSR count). The number of nitriles is 2. The first-order chi connectivity index (χ1) is 6.69. The van der Waals surface area contributed by atoms with Crippen LogP contribution >= 0.6 is 0 Å². The molecule has 5 nitrogen and oxygen atoms in total. The second-order valence-electron chi connectivity index (χ2n) is 2.19. The standard InChI is InChI=1S/C8H3N2O3S.K/c9-4-6-2-1-3-8(7(6)5-10)13-14(11)12;/h1-3H;/q-1;+1. The van der Waals surface area contributed by atoms with Crippen LogP contribution in [-0.4, -0.2) is 0 Å². The predicted molar refractivity (Wildman–Crippen MR) is 45.2 cm³/mol. The molecule has 7 heteroatoms. The van der Waals surface area contributed by atoms with Crippen LogP contribution in [-0.2, 0) is 19.4 Å². The van der Waals surface area contributed by atoms with Gasteiger partial charge in [-0.15, -0.1) is 0 Å². The summed E-state index contributed by atoms with van der Waals surface area (Å²) in [6, 6.07) is 7.59. The number of hydrogen-bond donors (Lipinski definition) is 0. The van der Waals surface area contributed by atoms with Crippen molar-refractivity contribution in [2.45, 2.75) is 0 Å². The summed E-state index contributed by atoms with van der Waals surface area (Å²) in [6.45, 7) is 0. The van der Waals surface area contributed by atoms with Crippen molar-refractivity contribution in [3.63, 3.8) is 0 Å². The zero-order chi connectivity index (χ0) is 10.6. The number of rotatable bonds is 2. The molecule has 0 heterocycles. The van der Waals surface area contributed by atoms with Gasteiger partial charge >= 0.3 is 51.4 Å². The van der Waals surface area contributed by atoms with Crippen molar-refractivity contribution < 1.29 is 64.0 Å². The third-order valence-corrected chi connectivity index (χ3v) is 1.73. The molecule has 70 valence electrons. The van der Waals surface area contributed by atoms with E-state index in [4.69, 9.17) is 10.5 Å². The number of benzene rings is 1. The molecule has 0 aliphatic carbocycles. The maximum Gasteiger partial charge on any atom is 1.00 e. The molecule has 0 bridgehead atoms. The first kappa shape index (κ1) is 14.6. The Balaban J connectivity index is 0.00000196. The van der Waals surface area contributed by atoms with E-state index in [1.165, 1.54) is 18.2 Å². The molecule has 0 aliphatic rings. The number of hydrogen-bond acceptors (Lipinski definition) is 6. The van der Waals surface area contributed by atoms with Gasteiger partial charge in [-0.05, 0) is 12.1 Å². The molecular weight excluding hydrogens is 243 g/mol. The normalized spacial score (nSPS) is 8.47. The average molecular weight is 246 g/mol. The topological polar surface area (TPSA) is 90.9 Å². The van der Waals surface area contributed by atoms with Crippen LogP contribution in [0, 0.1) is 22.7 Å². The molecule has 0 saturated carbocycles. The summed E-state index contributed by atoms with van der Waals surface area (Å²) in [7, 11) is -2.75. The molecule has 0 spiro atoms. The van der Waals surface area contributed by atoms with Gasteiger partial charge in [0.2, 0.25) is 0 Å². The third-order valence-electron chi connectivity index (χ3n) is 1.42. The Kier molecular flexibility index (Phi) is 6.77. The molecule has 0 unspecified atom stereocenters. The molecule has 0 radical (unpaired) electrons. The molecule has 1 aromatic carbocycles. The monoisotopic (exact) mass is 246 g/mol. The van der Waals surface area contributed by atoms with E-state index in [1.54, 1.807) is 12.1 Å². The summed E-state index contributed by atoms with van der Waals surface area (Å²) in [6.07, 6.45) is 0. The van der Waals surface area contributed by atoms with Crippen molar-refractivity contribution in [2.24, 2.45) is 0 Å². The maximum absolute atomic E-state index is 10.2. The van der Waals surface area contributed by atoms with Crippen LogP contribution in [0.5, 0.6) is 5.75 Å². The van der Waals surface area contributed by atoms with Gasteiger partial charge in [-0.25, -0.2) is 0 Å². The van der Waals surface area contributed by atoms with Gasteiger partial charge in [-0.3, -0.25) is 0 Å². The van der Waals surface area contributed by atoms with E-state index < -0.39 is 11.0 Å². The van der Waals surface area contributed by atoms with E-state index in [0.29, 0.717) is 0 Å². The Bertz CT molecular complexity index is 506. The predicted octanol–water partition coefficient (Wildman–Crippen LogP) is -1.96. The fraction of sp³-hybridized carbons (Fsp3) is 0. The summed E-state index contributed by atoms with van der Waals surface area (Å²) < 4.78 is 24.8. The maximum atomic E-state index is 10.2. The second-order valence-corrected chi connectivity index (χ2v) is 2.76. The van der Waals surface area contributed by atoms with Crippen molar-refractivity contribution in [3.05, 3.63) is 29.3 Å². The van der Waals surface area contributed by atoms with E-state index in [-0.39, 0.29) is 68.3 Å². The average Bonchev–Trinajstić information content (AvgIpc) is 2.16. The summed E-state index contributed by atoms with van der Waals surface area (Å²) >= 11 is 0. The zero-order valence-corrected chi connectivity index (χ0v) is 11.7. The van der Waals surface area contributed by atoms with Crippen LogP contribution in [0.25, 0.3) is 0 Å². The van der Waals surface area contributed by atoms with E-state index in [0.717, 1.165) is 0 Å². The summed E-state index contributed by atoms with van der Waals surface area (Å²) in [5, 5.41) is 17.3. The smallest absolute Gasteiger partial charge is 0.532 e. The zero-order valence-electron chi connectivity index (χ0n) is 7.76. The minimum Gasteiger partial charge on any atom is -0.532 e. The molecule has 0 aliphatic heterocycles. The van der Waals surface area contributed by atoms with Crippen LogP contribution in [0.1, 0.15) is 11.1 Å². The Morgan fingerprint density at radius 1 is 1.20 bits per heavy atom. The van der Waals surface area contributed by atoms with Gasteiger partial charge in [0.15, 0.2) is 0 Å². The molecule has 0 amide bonds. The van der Waals surface area contributed by atoms with Gasteiger partial charge in [0.25, 0.3) is 0 Å².